The normalized spacial score (nSPS) is 19.3. The van der Waals surface area contributed by atoms with Crippen LogP contribution in [0, 0.1) is 5.92 Å². The number of alkyl halides is 5. The molecule has 0 aliphatic heterocycles. The topological polar surface area (TPSA) is 52.2 Å². The van der Waals surface area contributed by atoms with Crippen molar-refractivity contribution in [2.75, 3.05) is 11.5 Å². The molecular weight excluding hydrogens is 660 g/mol. The van der Waals surface area contributed by atoms with Gasteiger partial charge in [-0.05, 0) is 57.7 Å². The van der Waals surface area contributed by atoms with E-state index in [0.717, 1.165) is 18.2 Å². The maximum absolute atomic E-state index is 13.8. The van der Waals surface area contributed by atoms with Crippen molar-refractivity contribution in [1.29, 1.82) is 0 Å². The number of hydrogen-bond acceptors (Lipinski definition) is 2. The second-order valence-electron chi connectivity index (χ2n) is 8.93. The highest BCUT2D eigenvalue weighted by Gasteiger charge is 2.59. The van der Waals surface area contributed by atoms with E-state index < -0.39 is 47.1 Å². The average molecular weight is 682 g/mol. The summed E-state index contributed by atoms with van der Waals surface area (Å²) in [5.41, 5.74) is 0.410. The zero-order valence-corrected chi connectivity index (χ0v) is 24.4. The second-order valence-corrected chi connectivity index (χ2v) is 12.5. The molecular formula is C25H22BrCl3F5NO2S. The summed E-state index contributed by atoms with van der Waals surface area (Å²) in [6.45, 7) is 1.77. The van der Waals surface area contributed by atoms with Gasteiger partial charge in [-0.2, -0.15) is 13.2 Å². The number of carbonyl (C=O) groups is 1. The average Bonchev–Trinajstić information content (AvgIpc) is 3.40. The van der Waals surface area contributed by atoms with Crippen LogP contribution in [0.5, 0.6) is 0 Å². The number of rotatable bonds is 10. The van der Waals surface area contributed by atoms with Crippen LogP contribution in [-0.2, 0) is 11.2 Å². The molecule has 1 aliphatic rings. The van der Waals surface area contributed by atoms with Crippen LogP contribution in [0.1, 0.15) is 47.2 Å². The number of hydrogen-bond donors (Lipinski definition) is 1. The van der Waals surface area contributed by atoms with E-state index in [2.05, 4.69) is 21.2 Å². The largest absolute Gasteiger partial charge is 0.616 e. The number of carbonyl (C=O) groups excluding carboxylic acids is 1. The van der Waals surface area contributed by atoms with Crippen LogP contribution in [-0.4, -0.2) is 40.1 Å². The molecule has 0 heterocycles. The number of nitrogens with one attached hydrogen (secondary N) is 1. The summed E-state index contributed by atoms with van der Waals surface area (Å²) in [7, 11) is 0. The van der Waals surface area contributed by atoms with Crippen LogP contribution in [0.3, 0.4) is 0 Å². The maximum Gasteiger partial charge on any atom is 0.399 e. The van der Waals surface area contributed by atoms with Gasteiger partial charge in [0.2, 0.25) is 0 Å². The first-order valence-corrected chi connectivity index (χ1v) is 14.8. The van der Waals surface area contributed by atoms with E-state index >= 15 is 0 Å². The molecule has 3 rings (SSSR count). The third-order valence-electron chi connectivity index (χ3n) is 5.99. The van der Waals surface area contributed by atoms with Gasteiger partial charge in [-0.25, -0.2) is 8.78 Å². The van der Waals surface area contributed by atoms with Crippen LogP contribution in [0.2, 0.25) is 15.1 Å². The molecule has 0 spiro atoms. The molecule has 0 bridgehead atoms. The van der Waals surface area contributed by atoms with E-state index in [1.807, 2.05) is 0 Å². The molecule has 38 heavy (non-hydrogen) atoms. The lowest BCUT2D eigenvalue weighted by molar-refractivity contribution is -0.139. The summed E-state index contributed by atoms with van der Waals surface area (Å²) in [5, 5.41) is 2.50. The maximum atomic E-state index is 13.8. The van der Waals surface area contributed by atoms with Crippen molar-refractivity contribution in [3.8, 4) is 0 Å². The second kappa shape index (κ2) is 12.6. The van der Waals surface area contributed by atoms with Crippen molar-refractivity contribution in [2.45, 2.75) is 43.8 Å². The Bertz CT molecular complexity index is 1190. The lowest BCUT2D eigenvalue weighted by atomic mass is 9.97. The third-order valence-corrected chi connectivity index (χ3v) is 9.40. The summed E-state index contributed by atoms with van der Waals surface area (Å²) >= 11 is 19.4. The Balaban J connectivity index is 1.70. The molecule has 13 heteroatoms. The van der Waals surface area contributed by atoms with E-state index in [-0.39, 0.29) is 44.1 Å². The quantitative estimate of drug-likeness (QED) is 0.155. The first kappa shape index (κ1) is 31.5. The highest BCUT2D eigenvalue weighted by Crippen LogP contribution is 2.49. The molecule has 1 N–H and O–H groups in total. The Hall–Kier alpha value is -1.04. The van der Waals surface area contributed by atoms with Crippen molar-refractivity contribution >= 4 is 73.9 Å². The number of halogens is 9. The predicted molar refractivity (Wildman–Crippen MR) is 146 cm³/mol. The first-order valence-electron chi connectivity index (χ1n) is 11.3. The van der Waals surface area contributed by atoms with E-state index in [1.54, 1.807) is 6.92 Å². The van der Waals surface area contributed by atoms with Crippen LogP contribution in [0.15, 0.2) is 40.9 Å². The molecule has 1 saturated carbocycles. The van der Waals surface area contributed by atoms with Crippen molar-refractivity contribution < 1.29 is 31.3 Å². The van der Waals surface area contributed by atoms with E-state index in [1.165, 1.54) is 24.3 Å². The van der Waals surface area contributed by atoms with Gasteiger partial charge >= 0.3 is 6.18 Å². The molecule has 3 nitrogen and oxygen atoms in total. The first-order chi connectivity index (χ1) is 17.6. The minimum Gasteiger partial charge on any atom is -0.616 e. The van der Waals surface area contributed by atoms with Crippen molar-refractivity contribution in [3.05, 3.63) is 72.6 Å². The summed E-state index contributed by atoms with van der Waals surface area (Å²) in [5.74, 6) is -6.21. The van der Waals surface area contributed by atoms with Gasteiger partial charge in [0.15, 0.2) is 0 Å². The molecule has 4 atom stereocenters. The minimum absolute atomic E-state index is 0.0409. The molecule has 1 aliphatic carbocycles. The molecule has 0 saturated heterocycles. The van der Waals surface area contributed by atoms with Gasteiger partial charge in [-0.15, -0.1) is 0 Å². The Morgan fingerprint density at radius 2 is 1.84 bits per heavy atom. The van der Waals surface area contributed by atoms with Gasteiger partial charge < -0.3 is 9.87 Å². The highest BCUT2D eigenvalue weighted by molar-refractivity contribution is 9.10. The number of amides is 1. The molecule has 2 aromatic carbocycles. The van der Waals surface area contributed by atoms with Gasteiger partial charge in [0.1, 0.15) is 11.5 Å². The lowest BCUT2D eigenvalue weighted by Gasteiger charge is -2.20. The summed E-state index contributed by atoms with van der Waals surface area (Å²) in [6, 6.07) is 6.11. The fourth-order valence-electron chi connectivity index (χ4n) is 3.68. The van der Waals surface area contributed by atoms with Crippen molar-refractivity contribution in [3.63, 3.8) is 0 Å². The smallest absolute Gasteiger partial charge is 0.399 e. The van der Waals surface area contributed by atoms with Crippen LogP contribution in [0.4, 0.5) is 22.0 Å². The molecule has 1 fully saturated rings. The number of allylic oxidation sites excluding steroid dienone is 1. The number of benzene rings is 2. The van der Waals surface area contributed by atoms with Gasteiger partial charge in [0.25, 0.3) is 11.8 Å². The Labute approximate surface area is 243 Å². The predicted octanol–water partition coefficient (Wildman–Crippen LogP) is 8.68. The van der Waals surface area contributed by atoms with Crippen LogP contribution >= 0.6 is 50.7 Å². The summed E-state index contributed by atoms with van der Waals surface area (Å²) in [4.78, 5) is 12.8. The fourth-order valence-corrected chi connectivity index (χ4v) is 6.59. The fraction of sp³-hybridized carbons (Fsp3) is 0.400. The molecule has 0 radical (unpaired) electrons. The van der Waals surface area contributed by atoms with Gasteiger partial charge in [-0.3, -0.25) is 4.79 Å². The zero-order valence-electron chi connectivity index (χ0n) is 19.7. The van der Waals surface area contributed by atoms with Crippen LogP contribution < -0.4 is 5.32 Å². The zero-order chi connectivity index (χ0) is 28.4. The Kier molecular flexibility index (Phi) is 10.5. The van der Waals surface area contributed by atoms with Gasteiger partial charge in [-0.1, -0.05) is 71.1 Å². The van der Waals surface area contributed by atoms with Crippen LogP contribution in [0.25, 0.3) is 6.08 Å². The van der Waals surface area contributed by atoms with Crippen molar-refractivity contribution in [2.24, 2.45) is 5.92 Å². The van der Waals surface area contributed by atoms with Gasteiger partial charge in [0, 0.05) is 10.9 Å². The third kappa shape index (κ3) is 8.24. The molecule has 208 valence electrons. The summed E-state index contributed by atoms with van der Waals surface area (Å²) in [6.07, 6.45) is -2.26. The minimum atomic E-state index is -4.64. The summed E-state index contributed by atoms with van der Waals surface area (Å²) < 4.78 is 80.1. The Morgan fingerprint density at radius 1 is 1.24 bits per heavy atom. The molecule has 0 aromatic heterocycles. The molecule has 2 aromatic rings. The lowest BCUT2D eigenvalue weighted by Crippen LogP contribution is -2.40. The standard InChI is InChI=1S/C25H22BrCl3F5NO2S/c1-2-16(12-38(37)11-15-10-24(15,30)31)35-23(36)17-5-3-13(7-19(17)26)4-6-18(25(32,33)34)14-8-20(27)22(29)21(28)9-14/h3-9,15-16,18H,2,10-12H2,1H3,(H,35,36)/b6-4+/t15?,16-,18?,38?/m1/s1. The van der Waals surface area contributed by atoms with Crippen molar-refractivity contribution in [1.82, 2.24) is 5.32 Å². The molecule has 1 amide bonds. The van der Waals surface area contributed by atoms with Gasteiger partial charge in [0.05, 0.1) is 38.5 Å². The van der Waals surface area contributed by atoms with E-state index in [9.17, 15) is 31.3 Å². The Morgan fingerprint density at radius 3 is 2.34 bits per heavy atom. The van der Waals surface area contributed by atoms with E-state index in [4.69, 9.17) is 34.8 Å². The monoisotopic (exact) mass is 679 g/mol. The SMILES string of the molecule is CC[C@H](C[S+]([O-])CC1CC1(F)F)NC(=O)c1ccc(/C=C/C(c2cc(Cl)c(Cl)c(Cl)c2)C(F)(F)F)cc1Br. The highest BCUT2D eigenvalue weighted by atomic mass is 79.9. The van der Waals surface area contributed by atoms with E-state index in [0.29, 0.717) is 16.5 Å². The molecule has 3 unspecified atom stereocenters.